The van der Waals surface area contributed by atoms with Gasteiger partial charge in [-0.1, -0.05) is 40.9 Å². The zero-order valence-electron chi connectivity index (χ0n) is 14.2. The number of rotatable bonds is 5. The molecule has 0 fully saturated rings. The lowest BCUT2D eigenvalue weighted by atomic mass is 10.2. The fraction of sp³-hybridized carbons (Fsp3) is 0.111. The molecular formula is C18H13Cl3N2O3S. The minimum Gasteiger partial charge on any atom is -0.493 e. The van der Waals surface area contributed by atoms with E-state index < -0.39 is 5.91 Å². The van der Waals surface area contributed by atoms with Crippen LogP contribution in [0.2, 0.25) is 15.1 Å². The van der Waals surface area contributed by atoms with Gasteiger partial charge in [0.05, 0.1) is 30.5 Å². The first-order chi connectivity index (χ1) is 13.0. The number of hydrazone groups is 1. The molecule has 3 rings (SSSR count). The zero-order valence-corrected chi connectivity index (χ0v) is 17.3. The molecule has 140 valence electrons. The van der Waals surface area contributed by atoms with Gasteiger partial charge in [-0.2, -0.15) is 5.10 Å². The minimum absolute atomic E-state index is 0.267. The van der Waals surface area contributed by atoms with Crippen LogP contribution >= 0.6 is 46.1 Å². The number of nitrogens with zero attached hydrogens (tertiary/aromatic N) is 1. The molecule has 1 aromatic heterocycles. The molecule has 0 spiro atoms. The van der Waals surface area contributed by atoms with Gasteiger partial charge in [-0.15, -0.1) is 11.3 Å². The van der Waals surface area contributed by atoms with Crippen molar-refractivity contribution in [2.24, 2.45) is 5.10 Å². The highest BCUT2D eigenvalue weighted by Gasteiger charge is 2.19. The van der Waals surface area contributed by atoms with Gasteiger partial charge in [-0.05, 0) is 24.3 Å². The van der Waals surface area contributed by atoms with E-state index in [0.717, 1.165) is 4.70 Å². The van der Waals surface area contributed by atoms with Crippen LogP contribution in [-0.4, -0.2) is 26.3 Å². The van der Waals surface area contributed by atoms with E-state index in [1.807, 2.05) is 0 Å². The average molecular weight is 444 g/mol. The molecular weight excluding hydrogens is 431 g/mol. The molecule has 0 aliphatic carbocycles. The molecule has 1 heterocycles. The highest BCUT2D eigenvalue weighted by molar-refractivity contribution is 7.21. The summed E-state index contributed by atoms with van der Waals surface area (Å²) in [4.78, 5) is 12.8. The van der Waals surface area contributed by atoms with E-state index in [-0.39, 0.29) is 5.02 Å². The number of hydrogen-bond acceptors (Lipinski definition) is 5. The van der Waals surface area contributed by atoms with E-state index in [9.17, 15) is 4.79 Å². The first-order valence-corrected chi connectivity index (χ1v) is 9.52. The van der Waals surface area contributed by atoms with Gasteiger partial charge < -0.3 is 9.47 Å². The van der Waals surface area contributed by atoms with Crippen molar-refractivity contribution in [3.05, 3.63) is 55.8 Å². The number of benzene rings is 2. The van der Waals surface area contributed by atoms with Crippen LogP contribution in [0.1, 0.15) is 15.2 Å². The van der Waals surface area contributed by atoms with Gasteiger partial charge in [0, 0.05) is 20.7 Å². The predicted molar refractivity (Wildman–Crippen MR) is 111 cm³/mol. The second-order valence-electron chi connectivity index (χ2n) is 5.29. The molecule has 0 radical (unpaired) electrons. The smallest absolute Gasteiger partial charge is 0.283 e. The molecule has 0 saturated carbocycles. The van der Waals surface area contributed by atoms with Crippen LogP contribution in [-0.2, 0) is 0 Å². The monoisotopic (exact) mass is 442 g/mol. The van der Waals surface area contributed by atoms with Crippen LogP contribution in [0.4, 0.5) is 0 Å². The number of methoxy groups -OCH3 is 2. The van der Waals surface area contributed by atoms with Gasteiger partial charge in [0.25, 0.3) is 5.91 Å². The maximum atomic E-state index is 12.5. The van der Waals surface area contributed by atoms with Crippen LogP contribution in [0.25, 0.3) is 10.1 Å². The summed E-state index contributed by atoms with van der Waals surface area (Å²) >= 11 is 19.7. The topological polar surface area (TPSA) is 59.9 Å². The van der Waals surface area contributed by atoms with E-state index in [1.54, 1.807) is 37.4 Å². The summed E-state index contributed by atoms with van der Waals surface area (Å²) in [6.07, 6.45) is 1.46. The molecule has 0 aliphatic heterocycles. The van der Waals surface area contributed by atoms with Gasteiger partial charge >= 0.3 is 0 Å². The third-order valence-corrected chi connectivity index (χ3v) is 5.80. The zero-order chi connectivity index (χ0) is 19.6. The second kappa shape index (κ2) is 8.35. The summed E-state index contributed by atoms with van der Waals surface area (Å²) in [6.45, 7) is 0. The van der Waals surface area contributed by atoms with Crippen LogP contribution in [0.5, 0.6) is 11.5 Å². The molecule has 0 atom stereocenters. The number of halogens is 3. The molecule has 27 heavy (non-hydrogen) atoms. The Kier molecular flexibility index (Phi) is 6.11. The third kappa shape index (κ3) is 3.99. The third-order valence-electron chi connectivity index (χ3n) is 3.66. The van der Waals surface area contributed by atoms with Gasteiger partial charge in [0.15, 0.2) is 11.5 Å². The summed E-state index contributed by atoms with van der Waals surface area (Å²) in [6, 6.07) is 8.63. The standard InChI is InChI=1S/C18H13Cl3N2O3S/c1-25-12-5-3-4-9(16(12)26-2)8-22-23-18(24)17-15(21)14-11(20)6-10(19)7-13(14)27-17/h3-8H,1-2H3,(H,23,24)/b22-8+. The number of hydrogen-bond donors (Lipinski definition) is 1. The van der Waals surface area contributed by atoms with Crippen LogP contribution in [0.15, 0.2) is 35.4 Å². The maximum Gasteiger partial charge on any atom is 0.283 e. The quantitative estimate of drug-likeness (QED) is 0.410. The fourth-order valence-electron chi connectivity index (χ4n) is 2.48. The number of carbonyl (C=O) groups excluding carboxylic acids is 1. The van der Waals surface area contributed by atoms with Crippen molar-refractivity contribution in [3.63, 3.8) is 0 Å². The van der Waals surface area contributed by atoms with E-state index in [4.69, 9.17) is 44.3 Å². The van der Waals surface area contributed by atoms with Gasteiger partial charge in [0.1, 0.15) is 4.88 Å². The van der Waals surface area contributed by atoms with Crippen molar-refractivity contribution in [3.8, 4) is 11.5 Å². The molecule has 2 aromatic carbocycles. The molecule has 5 nitrogen and oxygen atoms in total. The largest absolute Gasteiger partial charge is 0.493 e. The Labute approximate surface area is 174 Å². The molecule has 0 bridgehead atoms. The Morgan fingerprint density at radius 3 is 2.67 bits per heavy atom. The van der Waals surface area contributed by atoms with Crippen molar-refractivity contribution in [2.45, 2.75) is 0 Å². The van der Waals surface area contributed by atoms with Crippen molar-refractivity contribution >= 4 is 68.3 Å². The molecule has 3 aromatic rings. The number of fused-ring (bicyclic) bond motifs is 1. The number of thiophene rings is 1. The Bertz CT molecular complexity index is 1050. The molecule has 0 aliphatic rings. The maximum absolute atomic E-state index is 12.5. The Balaban J connectivity index is 1.85. The number of ether oxygens (including phenoxy) is 2. The normalized spacial score (nSPS) is 11.1. The van der Waals surface area contributed by atoms with Crippen LogP contribution in [0, 0.1) is 0 Å². The van der Waals surface area contributed by atoms with Crippen molar-refractivity contribution in [1.29, 1.82) is 0 Å². The average Bonchev–Trinajstić information content (AvgIpc) is 2.97. The van der Waals surface area contributed by atoms with E-state index >= 15 is 0 Å². The van der Waals surface area contributed by atoms with E-state index in [0.29, 0.717) is 37.4 Å². The van der Waals surface area contributed by atoms with Crippen molar-refractivity contribution in [1.82, 2.24) is 5.43 Å². The van der Waals surface area contributed by atoms with Crippen LogP contribution in [0.3, 0.4) is 0 Å². The number of para-hydroxylation sites is 1. The summed E-state index contributed by atoms with van der Waals surface area (Å²) in [7, 11) is 3.07. The lowest BCUT2D eigenvalue weighted by Crippen LogP contribution is -2.16. The Morgan fingerprint density at radius 2 is 1.96 bits per heavy atom. The van der Waals surface area contributed by atoms with E-state index in [2.05, 4.69) is 10.5 Å². The second-order valence-corrected chi connectivity index (χ2v) is 7.56. The first-order valence-electron chi connectivity index (χ1n) is 7.57. The first kappa shape index (κ1) is 19.8. The highest BCUT2D eigenvalue weighted by Crippen LogP contribution is 2.41. The molecule has 9 heteroatoms. The predicted octanol–water partition coefficient (Wildman–Crippen LogP) is 5.64. The number of amides is 1. The van der Waals surface area contributed by atoms with Gasteiger partial charge in [-0.25, -0.2) is 5.43 Å². The Hall–Kier alpha value is -1.99. The lowest BCUT2D eigenvalue weighted by molar-refractivity contribution is 0.0959. The molecule has 1 N–H and O–H groups in total. The summed E-state index contributed by atoms with van der Waals surface area (Å²) in [5.41, 5.74) is 3.10. The molecule has 0 unspecified atom stereocenters. The SMILES string of the molecule is COc1cccc(/C=N/NC(=O)c2sc3cc(Cl)cc(Cl)c3c2Cl)c1OC. The number of nitrogens with one attached hydrogen (secondary N) is 1. The van der Waals surface area contributed by atoms with Crippen LogP contribution < -0.4 is 14.9 Å². The summed E-state index contributed by atoms with van der Waals surface area (Å²) in [5, 5.41) is 5.71. The van der Waals surface area contributed by atoms with E-state index in [1.165, 1.54) is 24.7 Å². The lowest BCUT2D eigenvalue weighted by Gasteiger charge is -2.09. The van der Waals surface area contributed by atoms with Crippen molar-refractivity contribution < 1.29 is 14.3 Å². The highest BCUT2D eigenvalue weighted by atomic mass is 35.5. The molecule has 1 amide bonds. The summed E-state index contributed by atoms with van der Waals surface area (Å²) < 4.78 is 11.3. The number of carbonyl (C=O) groups is 1. The van der Waals surface area contributed by atoms with Gasteiger partial charge in [0.2, 0.25) is 0 Å². The molecule has 0 saturated heterocycles. The van der Waals surface area contributed by atoms with Crippen molar-refractivity contribution in [2.75, 3.05) is 14.2 Å². The van der Waals surface area contributed by atoms with Gasteiger partial charge in [-0.3, -0.25) is 4.79 Å². The minimum atomic E-state index is -0.452. The Morgan fingerprint density at radius 1 is 1.19 bits per heavy atom. The fourth-order valence-corrected chi connectivity index (χ4v) is 4.75. The summed E-state index contributed by atoms with van der Waals surface area (Å²) in [5.74, 6) is 0.623.